The van der Waals surface area contributed by atoms with Gasteiger partial charge in [-0.25, -0.2) is 0 Å². The van der Waals surface area contributed by atoms with Gasteiger partial charge in [0.05, 0.1) is 18.8 Å². The fourth-order valence-corrected chi connectivity index (χ4v) is 3.03. The predicted octanol–water partition coefficient (Wildman–Crippen LogP) is 3.11. The number of hydrogen-bond acceptors (Lipinski definition) is 3. The number of rotatable bonds is 9. The van der Waals surface area contributed by atoms with E-state index < -0.39 is 0 Å². The van der Waals surface area contributed by atoms with Crippen LogP contribution < -0.4 is 5.32 Å². The molecule has 114 valence electrons. The smallest absolute Gasteiger partial charge is 0.0897 e. The SMILES string of the molecule is CCC(CC)NCC(O)COC1CCCCC1CC. The topological polar surface area (TPSA) is 41.5 Å². The van der Waals surface area contributed by atoms with E-state index in [-0.39, 0.29) is 6.10 Å². The van der Waals surface area contributed by atoms with E-state index in [0.29, 0.717) is 31.2 Å². The summed E-state index contributed by atoms with van der Waals surface area (Å²) in [6, 6.07) is 0.521. The Kier molecular flexibility index (Phi) is 8.67. The van der Waals surface area contributed by atoms with Crippen LogP contribution in [0.25, 0.3) is 0 Å². The van der Waals surface area contributed by atoms with Gasteiger partial charge in [-0.15, -0.1) is 0 Å². The van der Waals surface area contributed by atoms with Crippen molar-refractivity contribution in [2.75, 3.05) is 13.2 Å². The Morgan fingerprint density at radius 3 is 2.47 bits per heavy atom. The van der Waals surface area contributed by atoms with Gasteiger partial charge in [-0.05, 0) is 31.6 Å². The van der Waals surface area contributed by atoms with Crippen molar-refractivity contribution in [2.24, 2.45) is 5.92 Å². The van der Waals surface area contributed by atoms with Crippen molar-refractivity contribution in [3.63, 3.8) is 0 Å². The first-order valence-corrected chi connectivity index (χ1v) is 8.24. The van der Waals surface area contributed by atoms with Crippen LogP contribution in [0.1, 0.15) is 65.7 Å². The van der Waals surface area contributed by atoms with Crippen LogP contribution in [0.4, 0.5) is 0 Å². The largest absolute Gasteiger partial charge is 0.389 e. The van der Waals surface area contributed by atoms with Crippen molar-refractivity contribution >= 4 is 0 Å². The van der Waals surface area contributed by atoms with E-state index in [1.165, 1.54) is 32.1 Å². The third-order valence-electron chi connectivity index (χ3n) is 4.49. The molecule has 1 aliphatic rings. The van der Waals surface area contributed by atoms with E-state index >= 15 is 0 Å². The normalized spacial score (nSPS) is 25.7. The van der Waals surface area contributed by atoms with Crippen LogP contribution in [0.15, 0.2) is 0 Å². The Balaban J connectivity index is 2.19. The van der Waals surface area contributed by atoms with E-state index in [2.05, 4.69) is 26.1 Å². The summed E-state index contributed by atoms with van der Waals surface area (Å²) in [5.41, 5.74) is 0. The molecule has 0 saturated heterocycles. The van der Waals surface area contributed by atoms with Crippen molar-refractivity contribution in [3.8, 4) is 0 Å². The van der Waals surface area contributed by atoms with E-state index in [9.17, 15) is 5.11 Å². The van der Waals surface area contributed by atoms with Crippen molar-refractivity contribution in [3.05, 3.63) is 0 Å². The molecule has 3 nitrogen and oxygen atoms in total. The average molecular weight is 271 g/mol. The summed E-state index contributed by atoms with van der Waals surface area (Å²) in [5.74, 6) is 0.702. The summed E-state index contributed by atoms with van der Waals surface area (Å²) in [6.45, 7) is 7.73. The number of hydrogen-bond donors (Lipinski definition) is 2. The highest BCUT2D eigenvalue weighted by molar-refractivity contribution is 4.76. The van der Waals surface area contributed by atoms with Gasteiger partial charge in [0.15, 0.2) is 0 Å². The van der Waals surface area contributed by atoms with Gasteiger partial charge in [0.25, 0.3) is 0 Å². The highest BCUT2D eigenvalue weighted by Gasteiger charge is 2.24. The molecule has 3 heteroatoms. The Morgan fingerprint density at radius 1 is 1.16 bits per heavy atom. The second-order valence-electron chi connectivity index (χ2n) is 5.90. The highest BCUT2D eigenvalue weighted by Crippen LogP contribution is 2.29. The molecule has 0 spiro atoms. The lowest BCUT2D eigenvalue weighted by molar-refractivity contribution is -0.0503. The minimum Gasteiger partial charge on any atom is -0.389 e. The molecular formula is C16H33NO2. The summed E-state index contributed by atoms with van der Waals surface area (Å²) in [4.78, 5) is 0. The molecule has 1 fully saturated rings. The monoisotopic (exact) mass is 271 g/mol. The third kappa shape index (κ3) is 6.24. The summed E-state index contributed by atoms with van der Waals surface area (Å²) in [5, 5.41) is 13.4. The molecule has 1 saturated carbocycles. The van der Waals surface area contributed by atoms with Crippen molar-refractivity contribution in [1.82, 2.24) is 5.32 Å². The first-order valence-electron chi connectivity index (χ1n) is 8.24. The zero-order valence-electron chi connectivity index (χ0n) is 13.0. The lowest BCUT2D eigenvalue weighted by atomic mass is 9.85. The van der Waals surface area contributed by atoms with Gasteiger partial charge >= 0.3 is 0 Å². The molecule has 0 amide bonds. The predicted molar refractivity (Wildman–Crippen MR) is 80.4 cm³/mol. The molecule has 0 aromatic rings. The molecule has 0 aliphatic heterocycles. The van der Waals surface area contributed by atoms with Crippen LogP contribution in [-0.2, 0) is 4.74 Å². The fourth-order valence-electron chi connectivity index (χ4n) is 3.03. The first-order chi connectivity index (χ1) is 9.21. The summed E-state index contributed by atoms with van der Waals surface area (Å²) >= 11 is 0. The Hall–Kier alpha value is -0.120. The molecule has 1 aliphatic carbocycles. The lowest BCUT2D eigenvalue weighted by Crippen LogP contribution is -2.38. The van der Waals surface area contributed by atoms with Gasteiger partial charge in [0.2, 0.25) is 0 Å². The van der Waals surface area contributed by atoms with Gasteiger partial charge in [-0.3, -0.25) is 0 Å². The van der Waals surface area contributed by atoms with Crippen LogP contribution in [-0.4, -0.2) is 36.5 Å². The summed E-state index contributed by atoms with van der Waals surface area (Å²) in [7, 11) is 0. The van der Waals surface area contributed by atoms with Gasteiger partial charge in [0, 0.05) is 12.6 Å². The molecule has 0 aromatic heterocycles. The maximum absolute atomic E-state index is 9.99. The van der Waals surface area contributed by atoms with Gasteiger partial charge < -0.3 is 15.2 Å². The van der Waals surface area contributed by atoms with E-state index in [1.54, 1.807) is 0 Å². The summed E-state index contributed by atoms with van der Waals surface area (Å²) < 4.78 is 5.96. The zero-order valence-corrected chi connectivity index (χ0v) is 13.0. The molecule has 0 radical (unpaired) electrons. The molecule has 3 atom stereocenters. The highest BCUT2D eigenvalue weighted by atomic mass is 16.5. The molecule has 3 unspecified atom stereocenters. The van der Waals surface area contributed by atoms with Crippen LogP contribution >= 0.6 is 0 Å². The number of aliphatic hydroxyl groups excluding tert-OH is 1. The second-order valence-corrected chi connectivity index (χ2v) is 5.90. The van der Waals surface area contributed by atoms with Crippen LogP contribution in [0.5, 0.6) is 0 Å². The standard InChI is InChI=1S/C16H33NO2/c1-4-13-9-7-8-10-16(13)19-12-15(18)11-17-14(5-2)6-3/h13-18H,4-12H2,1-3H3. The van der Waals surface area contributed by atoms with Crippen molar-refractivity contribution < 1.29 is 9.84 Å². The first kappa shape index (κ1) is 16.9. The quantitative estimate of drug-likeness (QED) is 0.677. The van der Waals surface area contributed by atoms with Gasteiger partial charge in [0.1, 0.15) is 0 Å². The van der Waals surface area contributed by atoms with E-state index in [1.807, 2.05) is 0 Å². The number of aliphatic hydroxyl groups is 1. The van der Waals surface area contributed by atoms with Crippen molar-refractivity contribution in [1.29, 1.82) is 0 Å². The van der Waals surface area contributed by atoms with Crippen molar-refractivity contribution in [2.45, 2.75) is 84.0 Å². The van der Waals surface area contributed by atoms with Crippen LogP contribution in [0.2, 0.25) is 0 Å². The fraction of sp³-hybridized carbons (Fsp3) is 1.00. The molecular weight excluding hydrogens is 238 g/mol. The molecule has 19 heavy (non-hydrogen) atoms. The number of ether oxygens (including phenoxy) is 1. The Bertz CT molecular complexity index is 219. The Labute approximate surface area is 119 Å². The van der Waals surface area contributed by atoms with E-state index in [0.717, 1.165) is 12.8 Å². The maximum Gasteiger partial charge on any atom is 0.0897 e. The molecule has 0 aromatic carbocycles. The molecule has 2 N–H and O–H groups in total. The summed E-state index contributed by atoms with van der Waals surface area (Å²) in [6.07, 6.45) is 8.53. The molecule has 0 bridgehead atoms. The van der Waals surface area contributed by atoms with Gasteiger partial charge in [-0.1, -0.05) is 40.0 Å². The zero-order chi connectivity index (χ0) is 14.1. The van der Waals surface area contributed by atoms with Gasteiger partial charge in [-0.2, -0.15) is 0 Å². The molecule has 0 heterocycles. The second kappa shape index (κ2) is 9.73. The number of nitrogens with one attached hydrogen (secondary N) is 1. The third-order valence-corrected chi connectivity index (χ3v) is 4.49. The van der Waals surface area contributed by atoms with Crippen LogP contribution in [0, 0.1) is 5.92 Å². The van der Waals surface area contributed by atoms with Crippen LogP contribution in [0.3, 0.4) is 0 Å². The Morgan fingerprint density at radius 2 is 1.84 bits per heavy atom. The lowest BCUT2D eigenvalue weighted by Gasteiger charge is -2.31. The molecule has 1 rings (SSSR count). The minimum absolute atomic E-state index is 0.375. The minimum atomic E-state index is -0.375. The maximum atomic E-state index is 9.99. The van der Waals surface area contributed by atoms with E-state index in [4.69, 9.17) is 4.74 Å². The average Bonchev–Trinajstić information content (AvgIpc) is 2.46.